The van der Waals surface area contributed by atoms with Gasteiger partial charge in [0.25, 0.3) is 0 Å². The number of unbranched alkanes of at least 4 members (excludes halogenated alkanes) is 4. The summed E-state index contributed by atoms with van der Waals surface area (Å²) >= 11 is 0. The zero-order valence-electron chi connectivity index (χ0n) is 32.3. The quantitative estimate of drug-likeness (QED) is 0.0581. The van der Waals surface area contributed by atoms with Crippen molar-refractivity contribution in [1.82, 2.24) is 0 Å². The Morgan fingerprint density at radius 2 is 0.755 bits per heavy atom. The number of esters is 1. The number of hydrogen-bond acceptors (Lipinski definition) is 15. The summed E-state index contributed by atoms with van der Waals surface area (Å²) in [5.74, 6) is 0.516. The topological polar surface area (TPSA) is 163 Å². The van der Waals surface area contributed by atoms with E-state index >= 15 is 0 Å². The molecular formula is C38H69NO14. The summed E-state index contributed by atoms with van der Waals surface area (Å²) in [4.78, 5) is 11.6. The van der Waals surface area contributed by atoms with Crippen LogP contribution in [0.5, 0.6) is 5.75 Å². The molecule has 0 saturated heterocycles. The zero-order chi connectivity index (χ0) is 38.0. The van der Waals surface area contributed by atoms with Gasteiger partial charge in [-0.2, -0.15) is 0 Å². The predicted molar refractivity (Wildman–Crippen MR) is 200 cm³/mol. The van der Waals surface area contributed by atoms with E-state index in [1.54, 1.807) is 6.07 Å². The second-order valence-electron chi connectivity index (χ2n) is 11.5. The summed E-state index contributed by atoms with van der Waals surface area (Å²) in [6.07, 6.45) is 6.06. The standard InChI is InChI=1S/C38H69NO14/c1-2-3-4-5-6-11-38(40)53-35-33-51-31-29-49-27-25-47-23-21-45-19-17-43-15-13-41-12-14-42-16-18-44-20-22-46-24-26-48-28-30-50-32-34-52-37-10-8-7-9-36(37)39/h7-10H,2-6,11-35,39H2,1H3. The highest BCUT2D eigenvalue weighted by Crippen LogP contribution is 2.19. The summed E-state index contributed by atoms with van der Waals surface area (Å²) in [6.45, 7) is 13.5. The van der Waals surface area contributed by atoms with Crippen LogP contribution < -0.4 is 10.5 Å². The number of ether oxygens (including phenoxy) is 13. The number of nitrogen functional groups attached to an aromatic ring is 1. The van der Waals surface area contributed by atoms with E-state index in [1.807, 2.05) is 18.2 Å². The van der Waals surface area contributed by atoms with Gasteiger partial charge >= 0.3 is 5.97 Å². The SMILES string of the molecule is CCCCCCCC(=O)OCCOCCOCCOCCOCCOCCOCCOCCOCCOCCOCCOCCOc1ccccc1N. The van der Waals surface area contributed by atoms with Crippen molar-refractivity contribution in [1.29, 1.82) is 0 Å². The molecule has 1 aromatic carbocycles. The van der Waals surface area contributed by atoms with E-state index in [1.165, 1.54) is 19.3 Å². The van der Waals surface area contributed by atoms with E-state index in [4.69, 9.17) is 67.3 Å². The smallest absolute Gasteiger partial charge is 0.305 e. The fourth-order valence-corrected chi connectivity index (χ4v) is 4.28. The molecular weight excluding hydrogens is 694 g/mol. The number of benzene rings is 1. The number of hydrogen-bond donors (Lipinski definition) is 1. The molecule has 0 aliphatic rings. The summed E-state index contributed by atoms with van der Waals surface area (Å²) in [5.41, 5.74) is 6.44. The Morgan fingerprint density at radius 3 is 1.11 bits per heavy atom. The van der Waals surface area contributed by atoms with Crippen molar-refractivity contribution in [3.05, 3.63) is 24.3 Å². The molecule has 0 aliphatic carbocycles. The maximum Gasteiger partial charge on any atom is 0.305 e. The van der Waals surface area contributed by atoms with Crippen molar-refractivity contribution < 1.29 is 66.4 Å². The molecule has 0 unspecified atom stereocenters. The van der Waals surface area contributed by atoms with Crippen molar-refractivity contribution in [2.24, 2.45) is 0 Å². The normalized spacial score (nSPS) is 11.3. The van der Waals surface area contributed by atoms with Gasteiger partial charge in [-0.15, -0.1) is 0 Å². The van der Waals surface area contributed by atoms with Crippen molar-refractivity contribution >= 4 is 11.7 Å². The lowest BCUT2D eigenvalue weighted by atomic mass is 10.1. The third kappa shape index (κ3) is 36.6. The maximum atomic E-state index is 11.6. The number of anilines is 1. The lowest BCUT2D eigenvalue weighted by Crippen LogP contribution is -2.16. The molecule has 0 spiro atoms. The summed E-state index contributed by atoms with van der Waals surface area (Å²) in [5, 5.41) is 0. The van der Waals surface area contributed by atoms with Gasteiger partial charge in [0.1, 0.15) is 19.0 Å². The van der Waals surface area contributed by atoms with Crippen LogP contribution in [-0.2, 0) is 61.6 Å². The Kier molecular flexibility index (Phi) is 37.8. The lowest BCUT2D eigenvalue weighted by molar-refractivity contribution is -0.145. The highest BCUT2D eigenvalue weighted by molar-refractivity contribution is 5.69. The summed E-state index contributed by atoms with van der Waals surface area (Å²) in [6, 6.07) is 7.37. The van der Waals surface area contributed by atoms with E-state index < -0.39 is 0 Å². The number of rotatable bonds is 43. The van der Waals surface area contributed by atoms with E-state index in [2.05, 4.69) is 6.92 Å². The maximum absolute atomic E-state index is 11.6. The highest BCUT2D eigenvalue weighted by Gasteiger charge is 2.03. The van der Waals surface area contributed by atoms with Crippen LogP contribution in [0.1, 0.15) is 45.4 Å². The molecule has 0 atom stereocenters. The summed E-state index contributed by atoms with van der Waals surface area (Å²) in [7, 11) is 0. The van der Waals surface area contributed by atoms with Crippen LogP contribution in [0.3, 0.4) is 0 Å². The van der Waals surface area contributed by atoms with Crippen molar-refractivity contribution in [2.75, 3.05) is 164 Å². The van der Waals surface area contributed by atoms with Crippen molar-refractivity contribution in [3.8, 4) is 5.75 Å². The molecule has 53 heavy (non-hydrogen) atoms. The van der Waals surface area contributed by atoms with Gasteiger partial charge in [-0.3, -0.25) is 4.79 Å². The molecule has 0 aliphatic heterocycles. The minimum absolute atomic E-state index is 0.150. The van der Waals surface area contributed by atoms with Gasteiger partial charge in [-0.1, -0.05) is 44.7 Å². The molecule has 0 aromatic heterocycles. The second kappa shape index (κ2) is 41.0. The molecule has 0 amide bonds. The van der Waals surface area contributed by atoms with Gasteiger partial charge in [0.15, 0.2) is 0 Å². The van der Waals surface area contributed by atoms with Crippen LogP contribution in [-0.4, -0.2) is 165 Å². The van der Waals surface area contributed by atoms with Crippen LogP contribution in [0.4, 0.5) is 5.69 Å². The Labute approximate surface area is 317 Å². The minimum Gasteiger partial charge on any atom is -0.489 e. The Hall–Kier alpha value is -2.15. The average Bonchev–Trinajstić information content (AvgIpc) is 3.16. The monoisotopic (exact) mass is 763 g/mol. The van der Waals surface area contributed by atoms with Crippen LogP contribution in [0.2, 0.25) is 0 Å². The summed E-state index contributed by atoms with van der Waals surface area (Å²) < 4.78 is 71.0. The molecule has 0 bridgehead atoms. The van der Waals surface area contributed by atoms with Gasteiger partial charge < -0.3 is 67.3 Å². The average molecular weight is 764 g/mol. The fourth-order valence-electron chi connectivity index (χ4n) is 4.28. The Balaban J connectivity index is 1.63. The molecule has 0 heterocycles. The Morgan fingerprint density at radius 1 is 0.434 bits per heavy atom. The van der Waals surface area contributed by atoms with Crippen LogP contribution in [0, 0.1) is 0 Å². The first kappa shape index (κ1) is 48.9. The predicted octanol–water partition coefficient (Wildman–Crippen LogP) is 3.73. The van der Waals surface area contributed by atoms with Gasteiger partial charge in [-0.05, 0) is 18.6 Å². The largest absolute Gasteiger partial charge is 0.489 e. The first-order valence-electron chi connectivity index (χ1n) is 19.2. The molecule has 15 heteroatoms. The second-order valence-corrected chi connectivity index (χ2v) is 11.5. The number of para-hydroxylation sites is 2. The van der Waals surface area contributed by atoms with E-state index in [0.717, 1.165) is 12.8 Å². The van der Waals surface area contributed by atoms with E-state index in [9.17, 15) is 4.79 Å². The minimum atomic E-state index is -0.150. The van der Waals surface area contributed by atoms with Gasteiger partial charge in [0, 0.05) is 6.42 Å². The number of carbonyl (C=O) groups excluding carboxylic acids is 1. The van der Waals surface area contributed by atoms with Crippen LogP contribution in [0.15, 0.2) is 24.3 Å². The van der Waals surface area contributed by atoms with Gasteiger partial charge in [-0.25, -0.2) is 0 Å². The third-order valence-electron chi connectivity index (χ3n) is 7.10. The highest BCUT2D eigenvalue weighted by atomic mass is 16.6. The third-order valence-corrected chi connectivity index (χ3v) is 7.10. The fraction of sp³-hybridized carbons (Fsp3) is 0.816. The molecule has 0 saturated carbocycles. The van der Waals surface area contributed by atoms with Crippen molar-refractivity contribution in [3.63, 3.8) is 0 Å². The van der Waals surface area contributed by atoms with Crippen LogP contribution in [0.25, 0.3) is 0 Å². The lowest BCUT2D eigenvalue weighted by Gasteiger charge is -2.10. The molecule has 1 aromatic rings. The van der Waals surface area contributed by atoms with Gasteiger partial charge in [0.2, 0.25) is 0 Å². The molecule has 0 radical (unpaired) electrons. The number of carbonyl (C=O) groups is 1. The first-order valence-corrected chi connectivity index (χ1v) is 19.2. The van der Waals surface area contributed by atoms with Crippen LogP contribution >= 0.6 is 0 Å². The Bertz CT molecular complexity index is 900. The van der Waals surface area contributed by atoms with Gasteiger partial charge in [0.05, 0.1) is 151 Å². The molecule has 1 rings (SSSR count). The van der Waals surface area contributed by atoms with E-state index in [-0.39, 0.29) is 12.6 Å². The number of nitrogens with two attached hydrogens (primary N) is 1. The van der Waals surface area contributed by atoms with Crippen molar-refractivity contribution in [2.45, 2.75) is 45.4 Å². The first-order chi connectivity index (χ1) is 26.2. The molecule has 15 nitrogen and oxygen atoms in total. The zero-order valence-corrected chi connectivity index (χ0v) is 32.3. The van der Waals surface area contributed by atoms with E-state index in [0.29, 0.717) is 170 Å². The molecule has 310 valence electrons. The molecule has 2 N–H and O–H groups in total. The molecule has 0 fully saturated rings.